The molecular weight excluding hydrogens is 359 g/mol. The molecule has 0 unspecified atom stereocenters. The summed E-state index contributed by atoms with van der Waals surface area (Å²) in [5.41, 5.74) is 0. The minimum absolute atomic E-state index is 1.14. The van der Waals surface area contributed by atoms with E-state index in [1.807, 2.05) is 0 Å². The first-order chi connectivity index (χ1) is 8.00. The fraction of sp³-hybridized carbons (Fsp3) is 0.143. The van der Waals surface area contributed by atoms with Gasteiger partial charge in [-0.25, -0.2) is 0 Å². The van der Waals surface area contributed by atoms with Gasteiger partial charge in [0.15, 0.2) is 0 Å². The van der Waals surface area contributed by atoms with Crippen LogP contribution in [-0.4, -0.2) is 13.3 Å². The Morgan fingerprint density at radius 2 is 0.941 bits per heavy atom. The third kappa shape index (κ3) is 2.99. The van der Waals surface area contributed by atoms with E-state index in [4.69, 9.17) is 0 Å². The van der Waals surface area contributed by atoms with Crippen LogP contribution in [0.2, 0.25) is 0 Å². The number of benzene rings is 2. The molecule has 88 valence electrons. The Hall–Kier alpha value is -0.170. The van der Waals surface area contributed by atoms with Crippen LogP contribution in [-0.2, 0) is 0 Å². The van der Waals surface area contributed by atoms with Crippen molar-refractivity contribution in [2.24, 2.45) is 0 Å². The average Bonchev–Trinajstić information content (AvgIpc) is 2.30. The van der Waals surface area contributed by atoms with Crippen molar-refractivity contribution >= 4 is 49.7 Å². The van der Waals surface area contributed by atoms with Crippen molar-refractivity contribution in [3.05, 3.63) is 57.5 Å². The van der Waals surface area contributed by atoms with Gasteiger partial charge >= 0.3 is 0 Å². The SMILES string of the molecule is C[P+](C)(c1ccc(Br)cc1)c1ccc(Br)cc1. The highest BCUT2D eigenvalue weighted by Gasteiger charge is 2.31. The average molecular weight is 373 g/mol. The van der Waals surface area contributed by atoms with Gasteiger partial charge in [-0.05, 0) is 48.5 Å². The first kappa shape index (κ1) is 13.3. The molecule has 0 aliphatic rings. The maximum Gasteiger partial charge on any atom is 0.0986 e. The standard InChI is InChI=1S/C14H14Br2P/c1-17(2,13-7-3-11(15)4-8-13)14-9-5-12(16)6-10-14/h3-10H,1-2H3/q+1. The summed E-state index contributed by atoms with van der Waals surface area (Å²) in [5.74, 6) is 0. The molecule has 0 atom stereocenters. The topological polar surface area (TPSA) is 0 Å². The molecule has 0 N–H and O–H groups in total. The zero-order valence-corrected chi connectivity index (χ0v) is 13.9. The van der Waals surface area contributed by atoms with Crippen molar-refractivity contribution in [2.75, 3.05) is 13.3 Å². The van der Waals surface area contributed by atoms with Gasteiger partial charge in [-0.15, -0.1) is 0 Å². The molecule has 0 saturated heterocycles. The molecule has 3 heteroatoms. The van der Waals surface area contributed by atoms with E-state index in [-0.39, 0.29) is 0 Å². The van der Waals surface area contributed by atoms with E-state index in [0.717, 1.165) is 8.95 Å². The quantitative estimate of drug-likeness (QED) is 0.683. The molecule has 0 spiro atoms. The third-order valence-electron chi connectivity index (χ3n) is 2.94. The van der Waals surface area contributed by atoms with Crippen molar-refractivity contribution in [1.82, 2.24) is 0 Å². The first-order valence-corrected chi connectivity index (χ1v) is 9.63. The second kappa shape index (κ2) is 5.22. The summed E-state index contributed by atoms with van der Waals surface area (Å²) in [6, 6.07) is 17.4. The van der Waals surface area contributed by atoms with E-state index in [9.17, 15) is 0 Å². The van der Waals surface area contributed by atoms with Gasteiger partial charge in [-0.2, -0.15) is 0 Å². The van der Waals surface area contributed by atoms with Gasteiger partial charge in [-0.1, -0.05) is 31.9 Å². The summed E-state index contributed by atoms with van der Waals surface area (Å²) >= 11 is 6.97. The predicted molar refractivity (Wildman–Crippen MR) is 86.3 cm³/mol. The van der Waals surface area contributed by atoms with Crippen LogP contribution in [0.1, 0.15) is 0 Å². The molecule has 0 radical (unpaired) electrons. The van der Waals surface area contributed by atoms with E-state index >= 15 is 0 Å². The van der Waals surface area contributed by atoms with Crippen LogP contribution in [0.15, 0.2) is 57.5 Å². The lowest BCUT2D eigenvalue weighted by Crippen LogP contribution is -2.20. The zero-order valence-electron chi connectivity index (χ0n) is 9.82. The van der Waals surface area contributed by atoms with Gasteiger partial charge in [0.05, 0.1) is 31.2 Å². The van der Waals surface area contributed by atoms with E-state index in [1.165, 1.54) is 10.6 Å². The van der Waals surface area contributed by atoms with Crippen molar-refractivity contribution in [3.63, 3.8) is 0 Å². The Bertz CT molecular complexity index is 453. The molecule has 0 amide bonds. The summed E-state index contributed by atoms with van der Waals surface area (Å²) in [5, 5.41) is 2.87. The highest BCUT2D eigenvalue weighted by Crippen LogP contribution is 2.48. The molecule has 2 rings (SSSR count). The van der Waals surface area contributed by atoms with Crippen molar-refractivity contribution in [1.29, 1.82) is 0 Å². The molecule has 0 saturated carbocycles. The van der Waals surface area contributed by atoms with Crippen molar-refractivity contribution < 1.29 is 0 Å². The lowest BCUT2D eigenvalue weighted by molar-refractivity contribution is 1.67. The molecule has 0 nitrogen and oxygen atoms in total. The van der Waals surface area contributed by atoms with Gasteiger partial charge in [0.2, 0.25) is 0 Å². The number of halogens is 2. The van der Waals surface area contributed by atoms with Crippen LogP contribution in [0, 0.1) is 0 Å². The fourth-order valence-electron chi connectivity index (χ4n) is 1.78. The van der Waals surface area contributed by atoms with Crippen LogP contribution in [0.4, 0.5) is 0 Å². The number of hydrogen-bond acceptors (Lipinski definition) is 0. The van der Waals surface area contributed by atoms with Gasteiger partial charge in [0.25, 0.3) is 0 Å². The maximum absolute atomic E-state index is 3.48. The molecule has 2 aromatic carbocycles. The van der Waals surface area contributed by atoms with E-state index in [1.54, 1.807) is 0 Å². The Kier molecular flexibility index (Phi) is 4.07. The smallest absolute Gasteiger partial charge is 0.0508 e. The minimum atomic E-state index is -1.23. The Morgan fingerprint density at radius 3 is 1.24 bits per heavy atom. The summed E-state index contributed by atoms with van der Waals surface area (Å²) in [6.45, 7) is 4.72. The summed E-state index contributed by atoms with van der Waals surface area (Å²) in [6.07, 6.45) is 0. The Labute approximate surface area is 120 Å². The largest absolute Gasteiger partial charge is 0.0986 e. The third-order valence-corrected chi connectivity index (χ3v) is 7.18. The lowest BCUT2D eigenvalue weighted by Gasteiger charge is -2.18. The van der Waals surface area contributed by atoms with E-state index in [0.29, 0.717) is 0 Å². The van der Waals surface area contributed by atoms with Crippen LogP contribution in [0.25, 0.3) is 0 Å². The van der Waals surface area contributed by atoms with Gasteiger partial charge in [-0.3, -0.25) is 0 Å². The fourth-order valence-corrected chi connectivity index (χ4v) is 4.39. The van der Waals surface area contributed by atoms with Crippen molar-refractivity contribution in [3.8, 4) is 0 Å². The molecule has 0 aliphatic carbocycles. The monoisotopic (exact) mass is 371 g/mol. The van der Waals surface area contributed by atoms with Crippen molar-refractivity contribution in [2.45, 2.75) is 0 Å². The van der Waals surface area contributed by atoms with Gasteiger partial charge in [0, 0.05) is 8.95 Å². The van der Waals surface area contributed by atoms with Crippen LogP contribution < -0.4 is 10.6 Å². The van der Waals surface area contributed by atoms with Crippen LogP contribution in [0.3, 0.4) is 0 Å². The number of hydrogen-bond donors (Lipinski definition) is 0. The second-order valence-corrected chi connectivity index (χ2v) is 10.2. The van der Waals surface area contributed by atoms with Crippen LogP contribution in [0.5, 0.6) is 0 Å². The molecule has 0 aromatic heterocycles. The summed E-state index contributed by atoms with van der Waals surface area (Å²) < 4.78 is 2.27. The Morgan fingerprint density at radius 1 is 0.647 bits per heavy atom. The zero-order chi connectivity index (χ0) is 12.5. The minimum Gasteiger partial charge on any atom is -0.0508 e. The molecule has 2 aromatic rings. The highest BCUT2D eigenvalue weighted by atomic mass is 79.9. The van der Waals surface area contributed by atoms with Crippen LogP contribution >= 0.6 is 39.1 Å². The maximum atomic E-state index is 3.48. The van der Waals surface area contributed by atoms with E-state index in [2.05, 4.69) is 93.7 Å². The summed E-state index contributed by atoms with van der Waals surface area (Å²) in [4.78, 5) is 0. The summed E-state index contributed by atoms with van der Waals surface area (Å²) in [7, 11) is -1.23. The second-order valence-electron chi connectivity index (χ2n) is 4.41. The lowest BCUT2D eigenvalue weighted by atomic mass is 10.4. The molecule has 0 bridgehead atoms. The molecule has 0 aliphatic heterocycles. The highest BCUT2D eigenvalue weighted by molar-refractivity contribution is 9.10. The predicted octanol–water partition coefficient (Wildman–Crippen LogP) is 4.44. The first-order valence-electron chi connectivity index (χ1n) is 5.36. The normalized spacial score (nSPS) is 11.5. The Balaban J connectivity index is 2.41. The molecule has 17 heavy (non-hydrogen) atoms. The molecule has 0 fully saturated rings. The van der Waals surface area contributed by atoms with Gasteiger partial charge in [0.1, 0.15) is 0 Å². The number of rotatable bonds is 2. The van der Waals surface area contributed by atoms with E-state index < -0.39 is 7.26 Å². The van der Waals surface area contributed by atoms with Gasteiger partial charge < -0.3 is 0 Å². The molecular formula is C14H14Br2P+. The molecule has 0 heterocycles.